The molecule has 1 aliphatic rings. The van der Waals surface area contributed by atoms with Gasteiger partial charge in [0, 0.05) is 32.8 Å². The molecule has 1 aromatic rings. The summed E-state index contributed by atoms with van der Waals surface area (Å²) in [5.41, 5.74) is 1.32. The van der Waals surface area contributed by atoms with E-state index < -0.39 is 0 Å². The molecule has 1 heterocycles. The zero-order chi connectivity index (χ0) is 14.2. The van der Waals surface area contributed by atoms with Crippen LogP contribution >= 0.6 is 0 Å². The SMILES string of the molecule is COc1ccc(CN(C)CCNCC2CCOC2)cc1. The Morgan fingerprint density at radius 3 is 2.80 bits per heavy atom. The molecule has 0 spiro atoms. The molecule has 1 atom stereocenters. The molecule has 4 heteroatoms. The summed E-state index contributed by atoms with van der Waals surface area (Å²) in [4.78, 5) is 2.33. The smallest absolute Gasteiger partial charge is 0.118 e. The minimum Gasteiger partial charge on any atom is -0.497 e. The fraction of sp³-hybridized carbons (Fsp3) is 0.625. The molecular formula is C16H26N2O2. The van der Waals surface area contributed by atoms with Crippen molar-refractivity contribution < 1.29 is 9.47 Å². The van der Waals surface area contributed by atoms with Crippen molar-refractivity contribution in [2.24, 2.45) is 5.92 Å². The lowest BCUT2D eigenvalue weighted by atomic mass is 10.1. The topological polar surface area (TPSA) is 33.7 Å². The van der Waals surface area contributed by atoms with Crippen molar-refractivity contribution in [2.45, 2.75) is 13.0 Å². The van der Waals surface area contributed by atoms with Crippen molar-refractivity contribution in [1.29, 1.82) is 0 Å². The average Bonchev–Trinajstić information content (AvgIpc) is 2.98. The number of nitrogens with zero attached hydrogens (tertiary/aromatic N) is 1. The Balaban J connectivity index is 1.60. The van der Waals surface area contributed by atoms with Crippen molar-refractivity contribution in [3.8, 4) is 5.75 Å². The van der Waals surface area contributed by atoms with Crippen LogP contribution in [0.15, 0.2) is 24.3 Å². The van der Waals surface area contributed by atoms with Crippen molar-refractivity contribution >= 4 is 0 Å². The highest BCUT2D eigenvalue weighted by Crippen LogP contribution is 2.12. The van der Waals surface area contributed by atoms with Gasteiger partial charge in [-0.1, -0.05) is 12.1 Å². The zero-order valence-electron chi connectivity index (χ0n) is 12.6. The highest BCUT2D eigenvalue weighted by Gasteiger charge is 2.14. The van der Waals surface area contributed by atoms with Crippen LogP contribution in [0.5, 0.6) is 5.75 Å². The van der Waals surface area contributed by atoms with Gasteiger partial charge in [0.25, 0.3) is 0 Å². The largest absolute Gasteiger partial charge is 0.497 e. The van der Waals surface area contributed by atoms with Crippen LogP contribution in [0.25, 0.3) is 0 Å². The number of benzene rings is 1. The van der Waals surface area contributed by atoms with E-state index in [1.165, 1.54) is 12.0 Å². The predicted molar refractivity (Wildman–Crippen MR) is 81.1 cm³/mol. The van der Waals surface area contributed by atoms with E-state index in [0.29, 0.717) is 5.92 Å². The molecule has 1 fully saturated rings. The molecule has 1 aliphatic heterocycles. The quantitative estimate of drug-likeness (QED) is 0.735. The van der Waals surface area contributed by atoms with Gasteiger partial charge in [-0.05, 0) is 37.1 Å². The Bertz CT molecular complexity index is 375. The fourth-order valence-corrected chi connectivity index (χ4v) is 2.44. The number of rotatable bonds is 8. The molecule has 20 heavy (non-hydrogen) atoms. The van der Waals surface area contributed by atoms with Gasteiger partial charge in [-0.3, -0.25) is 0 Å². The Labute approximate surface area is 122 Å². The maximum absolute atomic E-state index is 5.37. The second-order valence-electron chi connectivity index (χ2n) is 5.52. The van der Waals surface area contributed by atoms with Crippen molar-refractivity contribution in [3.05, 3.63) is 29.8 Å². The summed E-state index contributed by atoms with van der Waals surface area (Å²) in [6.07, 6.45) is 1.20. The van der Waals surface area contributed by atoms with E-state index in [0.717, 1.165) is 45.1 Å². The molecule has 0 aliphatic carbocycles. The van der Waals surface area contributed by atoms with Gasteiger partial charge in [-0.2, -0.15) is 0 Å². The fourth-order valence-electron chi connectivity index (χ4n) is 2.44. The maximum atomic E-state index is 5.37. The molecule has 0 radical (unpaired) electrons. The summed E-state index contributed by atoms with van der Waals surface area (Å²) in [6, 6.07) is 8.28. The van der Waals surface area contributed by atoms with Gasteiger partial charge in [0.2, 0.25) is 0 Å². The van der Waals surface area contributed by atoms with E-state index in [-0.39, 0.29) is 0 Å². The Kier molecular flexibility index (Phi) is 6.30. The first kappa shape index (κ1) is 15.3. The van der Waals surface area contributed by atoms with Crippen molar-refractivity contribution in [3.63, 3.8) is 0 Å². The van der Waals surface area contributed by atoms with Crippen LogP contribution < -0.4 is 10.1 Å². The number of likely N-dealkylation sites (N-methyl/N-ethyl adjacent to an activating group) is 1. The van der Waals surface area contributed by atoms with E-state index in [1.54, 1.807) is 7.11 Å². The average molecular weight is 278 g/mol. The molecule has 0 saturated carbocycles. The monoisotopic (exact) mass is 278 g/mol. The van der Waals surface area contributed by atoms with E-state index >= 15 is 0 Å². The maximum Gasteiger partial charge on any atom is 0.118 e. The normalized spacial score (nSPS) is 18.6. The number of ether oxygens (including phenoxy) is 2. The third-order valence-electron chi connectivity index (χ3n) is 3.74. The van der Waals surface area contributed by atoms with Gasteiger partial charge < -0.3 is 19.7 Å². The molecule has 2 rings (SSSR count). The summed E-state index contributed by atoms with van der Waals surface area (Å²) in [5, 5.41) is 3.52. The van der Waals surface area contributed by atoms with Crippen LogP contribution in [0.3, 0.4) is 0 Å². The zero-order valence-corrected chi connectivity index (χ0v) is 12.6. The number of hydrogen-bond donors (Lipinski definition) is 1. The third-order valence-corrected chi connectivity index (χ3v) is 3.74. The lowest BCUT2D eigenvalue weighted by Crippen LogP contribution is -2.32. The lowest BCUT2D eigenvalue weighted by molar-refractivity contribution is 0.185. The van der Waals surface area contributed by atoms with Gasteiger partial charge in [0.05, 0.1) is 13.7 Å². The molecule has 0 bridgehead atoms. The third kappa shape index (κ3) is 5.12. The van der Waals surface area contributed by atoms with Crippen LogP contribution in [-0.4, -0.2) is 51.9 Å². The van der Waals surface area contributed by atoms with Crippen molar-refractivity contribution in [2.75, 3.05) is 47.0 Å². The first-order valence-electron chi connectivity index (χ1n) is 7.38. The summed E-state index contributed by atoms with van der Waals surface area (Å²) < 4.78 is 10.5. The second kappa shape index (κ2) is 8.25. The van der Waals surface area contributed by atoms with E-state index in [1.807, 2.05) is 12.1 Å². The molecule has 1 unspecified atom stereocenters. The minimum absolute atomic E-state index is 0.710. The highest BCUT2D eigenvalue weighted by molar-refractivity contribution is 5.26. The van der Waals surface area contributed by atoms with E-state index in [4.69, 9.17) is 9.47 Å². The first-order valence-corrected chi connectivity index (χ1v) is 7.38. The summed E-state index contributed by atoms with van der Waals surface area (Å²) in [5.74, 6) is 1.62. The van der Waals surface area contributed by atoms with Gasteiger partial charge in [-0.15, -0.1) is 0 Å². The second-order valence-corrected chi connectivity index (χ2v) is 5.52. The number of nitrogens with one attached hydrogen (secondary N) is 1. The molecule has 1 aromatic carbocycles. The lowest BCUT2D eigenvalue weighted by Gasteiger charge is -2.18. The highest BCUT2D eigenvalue weighted by atomic mass is 16.5. The van der Waals surface area contributed by atoms with Crippen LogP contribution in [-0.2, 0) is 11.3 Å². The number of hydrogen-bond acceptors (Lipinski definition) is 4. The Morgan fingerprint density at radius 1 is 1.35 bits per heavy atom. The van der Waals surface area contributed by atoms with Crippen molar-refractivity contribution in [1.82, 2.24) is 10.2 Å². The minimum atomic E-state index is 0.710. The molecule has 1 N–H and O–H groups in total. The first-order chi connectivity index (χ1) is 9.78. The molecule has 112 valence electrons. The standard InChI is InChI=1S/C16H26N2O2/c1-18(9-8-17-11-15-7-10-20-13-15)12-14-3-5-16(19-2)6-4-14/h3-6,15,17H,7-13H2,1-2H3. The molecule has 0 aromatic heterocycles. The molecular weight excluding hydrogens is 252 g/mol. The molecule has 0 amide bonds. The predicted octanol–water partition coefficient (Wildman–Crippen LogP) is 1.75. The van der Waals surface area contributed by atoms with Gasteiger partial charge in [0.15, 0.2) is 0 Å². The van der Waals surface area contributed by atoms with E-state index in [2.05, 4.69) is 29.4 Å². The van der Waals surface area contributed by atoms with Crippen LogP contribution in [0.1, 0.15) is 12.0 Å². The summed E-state index contributed by atoms with van der Waals surface area (Å²) in [6.45, 7) is 6.00. The number of methoxy groups -OCH3 is 1. The van der Waals surface area contributed by atoms with Gasteiger partial charge >= 0.3 is 0 Å². The summed E-state index contributed by atoms with van der Waals surface area (Å²) >= 11 is 0. The van der Waals surface area contributed by atoms with Crippen LogP contribution in [0.4, 0.5) is 0 Å². The molecule has 1 saturated heterocycles. The van der Waals surface area contributed by atoms with Gasteiger partial charge in [0.1, 0.15) is 5.75 Å². The molecule has 4 nitrogen and oxygen atoms in total. The Morgan fingerprint density at radius 2 is 2.15 bits per heavy atom. The Hall–Kier alpha value is -1.10. The summed E-state index contributed by atoms with van der Waals surface area (Å²) in [7, 11) is 3.85. The van der Waals surface area contributed by atoms with Crippen LogP contribution in [0, 0.1) is 5.92 Å². The van der Waals surface area contributed by atoms with Crippen LogP contribution in [0.2, 0.25) is 0 Å². The van der Waals surface area contributed by atoms with Gasteiger partial charge in [-0.25, -0.2) is 0 Å². The van der Waals surface area contributed by atoms with E-state index in [9.17, 15) is 0 Å².